The van der Waals surface area contributed by atoms with Gasteiger partial charge in [-0.3, -0.25) is 4.79 Å². The van der Waals surface area contributed by atoms with Gasteiger partial charge in [-0.2, -0.15) is 0 Å². The van der Waals surface area contributed by atoms with Crippen LogP contribution in [0.25, 0.3) is 12.2 Å². The summed E-state index contributed by atoms with van der Waals surface area (Å²) in [5, 5.41) is 0. The molecule has 2 rings (SSSR count). The quantitative estimate of drug-likeness (QED) is 0.321. The average Bonchev–Trinajstić information content (AvgIpc) is 2.54. The normalized spacial score (nSPS) is 11.1. The number of rotatable bonds is 6. The Morgan fingerprint density at radius 2 is 1.65 bits per heavy atom. The molecule has 0 aliphatic carbocycles. The van der Waals surface area contributed by atoms with Crippen LogP contribution in [-0.2, 0) is 4.79 Å². The fourth-order valence-corrected chi connectivity index (χ4v) is 2.69. The molecule has 0 fully saturated rings. The minimum atomic E-state index is -0.329. The van der Waals surface area contributed by atoms with E-state index in [2.05, 4.69) is 18.4 Å². The van der Waals surface area contributed by atoms with Gasteiger partial charge in [-0.1, -0.05) is 33.2 Å². The summed E-state index contributed by atoms with van der Waals surface area (Å²) in [5.41, 5.74) is 1.96. The Morgan fingerprint density at radius 3 is 2.26 bits per heavy atom. The number of ether oxygens (including phenoxy) is 1. The lowest BCUT2D eigenvalue weighted by Gasteiger charge is -2.07. The first-order valence-electron chi connectivity index (χ1n) is 6.71. The lowest BCUT2D eigenvalue weighted by atomic mass is 10.1. The van der Waals surface area contributed by atoms with Crippen molar-refractivity contribution in [2.75, 3.05) is 0 Å². The van der Waals surface area contributed by atoms with Crippen LogP contribution in [0.3, 0.4) is 0 Å². The minimum Gasteiger partial charge on any atom is -0.480 e. The predicted octanol–water partition coefficient (Wildman–Crippen LogP) is 4.71. The largest absolute Gasteiger partial charge is 0.480 e. The van der Waals surface area contributed by atoms with Crippen molar-refractivity contribution in [3.8, 4) is 17.2 Å². The number of hydrogen-bond acceptors (Lipinski definition) is 4. The van der Waals surface area contributed by atoms with Crippen LogP contribution >= 0.6 is 26.9 Å². The highest BCUT2D eigenvalue weighted by Crippen LogP contribution is 2.31. The number of hydrogen-bond donors (Lipinski definition) is 0. The molecule has 3 unspecified atom stereocenters. The van der Waals surface area contributed by atoms with Gasteiger partial charge in [0.1, 0.15) is 17.2 Å². The van der Waals surface area contributed by atoms with E-state index in [9.17, 15) is 4.79 Å². The van der Waals surface area contributed by atoms with Gasteiger partial charge < -0.3 is 13.8 Å². The molecule has 0 radical (unpaired) electrons. The first kappa shape index (κ1) is 17.9. The molecular formula is C16H17O4P3. The third-order valence-corrected chi connectivity index (χ3v) is 3.80. The van der Waals surface area contributed by atoms with E-state index in [4.69, 9.17) is 13.8 Å². The van der Waals surface area contributed by atoms with Crippen LogP contribution in [0.15, 0.2) is 42.5 Å². The van der Waals surface area contributed by atoms with Gasteiger partial charge in [0.25, 0.3) is 0 Å². The fourth-order valence-electron chi connectivity index (χ4n) is 1.89. The van der Waals surface area contributed by atoms with Crippen LogP contribution in [-0.4, -0.2) is 5.97 Å². The van der Waals surface area contributed by atoms with Crippen molar-refractivity contribution in [2.45, 2.75) is 6.92 Å². The molecule has 2 aromatic carbocycles. The van der Waals surface area contributed by atoms with Gasteiger partial charge in [0, 0.05) is 13.0 Å². The molecule has 0 bridgehead atoms. The molecule has 0 saturated heterocycles. The fraction of sp³-hybridized carbons (Fsp3) is 0.0625. The van der Waals surface area contributed by atoms with E-state index in [1.165, 1.54) is 6.92 Å². The summed E-state index contributed by atoms with van der Waals surface area (Å²) < 4.78 is 15.7. The Bertz CT molecular complexity index is 699. The van der Waals surface area contributed by atoms with Crippen LogP contribution in [0, 0.1) is 0 Å². The highest BCUT2D eigenvalue weighted by molar-refractivity contribution is 8.00. The standard InChI is InChI=1S/C16H17O4P3/c1-11(17)18-14-6-4-12(5-7-14)2-3-13-8-15(19-21)10-16(9-13)20-23-22/h2-10,23H,21-22H2,1H3/b3-2+. The van der Waals surface area contributed by atoms with Crippen LogP contribution in [0.1, 0.15) is 18.1 Å². The van der Waals surface area contributed by atoms with Crippen molar-refractivity contribution in [1.29, 1.82) is 0 Å². The number of esters is 1. The van der Waals surface area contributed by atoms with E-state index < -0.39 is 0 Å². The number of carbonyl (C=O) groups excluding carboxylic acids is 1. The Kier molecular flexibility index (Phi) is 6.99. The van der Waals surface area contributed by atoms with Crippen molar-refractivity contribution in [3.63, 3.8) is 0 Å². The Hall–Kier alpha value is -1.46. The zero-order valence-corrected chi connectivity index (χ0v) is 15.8. The summed E-state index contributed by atoms with van der Waals surface area (Å²) >= 11 is 0. The molecule has 120 valence electrons. The van der Waals surface area contributed by atoms with Gasteiger partial charge in [-0.15, -0.1) is 0 Å². The molecule has 0 aliphatic rings. The third-order valence-electron chi connectivity index (χ3n) is 2.83. The van der Waals surface area contributed by atoms with Crippen molar-refractivity contribution in [3.05, 3.63) is 53.6 Å². The van der Waals surface area contributed by atoms with Gasteiger partial charge >= 0.3 is 5.97 Å². The predicted molar refractivity (Wildman–Crippen MR) is 102 cm³/mol. The minimum absolute atomic E-state index is 0.289. The summed E-state index contributed by atoms with van der Waals surface area (Å²) in [6.07, 6.45) is 3.93. The highest BCUT2D eigenvalue weighted by Gasteiger charge is 2.01. The lowest BCUT2D eigenvalue weighted by Crippen LogP contribution is -2.00. The Labute approximate surface area is 141 Å². The maximum Gasteiger partial charge on any atom is 0.308 e. The topological polar surface area (TPSA) is 44.8 Å². The Balaban J connectivity index is 2.15. The van der Waals surface area contributed by atoms with Gasteiger partial charge in [-0.25, -0.2) is 0 Å². The molecule has 7 heteroatoms. The third kappa shape index (κ3) is 5.92. The lowest BCUT2D eigenvalue weighted by molar-refractivity contribution is -0.131. The summed E-state index contributed by atoms with van der Waals surface area (Å²) in [4.78, 5) is 10.9. The molecule has 0 N–H and O–H groups in total. The molecule has 23 heavy (non-hydrogen) atoms. The second kappa shape index (κ2) is 8.99. The first-order valence-corrected chi connectivity index (χ1v) is 9.90. The van der Waals surface area contributed by atoms with E-state index in [1.54, 1.807) is 12.1 Å². The zero-order chi connectivity index (χ0) is 16.7. The molecule has 0 saturated carbocycles. The summed E-state index contributed by atoms with van der Waals surface area (Å²) in [6, 6.07) is 13.0. The number of benzene rings is 2. The molecule has 4 nitrogen and oxygen atoms in total. The SMILES string of the molecule is CC(=O)Oc1ccc(/C=C/c2cc(OP)cc(OPP)c2)cc1. The van der Waals surface area contributed by atoms with Crippen LogP contribution in [0.2, 0.25) is 0 Å². The number of carbonyl (C=O) groups is 1. The van der Waals surface area contributed by atoms with Gasteiger partial charge in [0.05, 0.1) is 18.0 Å². The van der Waals surface area contributed by atoms with Gasteiger partial charge in [0.2, 0.25) is 0 Å². The first-order chi connectivity index (χ1) is 11.1. The monoisotopic (exact) mass is 366 g/mol. The molecule has 3 atom stereocenters. The molecule has 0 aliphatic heterocycles. The molecule has 0 aromatic heterocycles. The molecule has 2 aromatic rings. The van der Waals surface area contributed by atoms with Crippen LogP contribution in [0.5, 0.6) is 17.2 Å². The van der Waals surface area contributed by atoms with Gasteiger partial charge in [-0.05, 0) is 35.4 Å². The van der Waals surface area contributed by atoms with E-state index >= 15 is 0 Å². The molecule has 0 heterocycles. The van der Waals surface area contributed by atoms with E-state index in [0.717, 1.165) is 16.9 Å². The summed E-state index contributed by atoms with van der Waals surface area (Å²) in [6.45, 7) is 1.38. The van der Waals surface area contributed by atoms with Gasteiger partial charge in [0.15, 0.2) is 0 Å². The molecule has 0 amide bonds. The summed E-state index contributed by atoms with van der Waals surface area (Å²) in [5.74, 6) is 1.67. The summed E-state index contributed by atoms with van der Waals surface area (Å²) in [7, 11) is 5.06. The molecular weight excluding hydrogens is 349 g/mol. The van der Waals surface area contributed by atoms with E-state index in [-0.39, 0.29) is 14.5 Å². The van der Waals surface area contributed by atoms with E-state index in [1.807, 2.05) is 42.5 Å². The van der Waals surface area contributed by atoms with Crippen LogP contribution in [0.4, 0.5) is 0 Å². The Morgan fingerprint density at radius 1 is 1.00 bits per heavy atom. The average molecular weight is 366 g/mol. The van der Waals surface area contributed by atoms with Crippen molar-refractivity contribution in [2.24, 2.45) is 0 Å². The van der Waals surface area contributed by atoms with Crippen molar-refractivity contribution in [1.82, 2.24) is 0 Å². The maximum atomic E-state index is 10.9. The van der Waals surface area contributed by atoms with E-state index in [0.29, 0.717) is 11.5 Å². The zero-order valence-electron chi connectivity index (χ0n) is 12.5. The molecule has 0 spiro atoms. The second-order valence-electron chi connectivity index (χ2n) is 4.57. The highest BCUT2D eigenvalue weighted by atomic mass is 32.0. The van der Waals surface area contributed by atoms with Crippen LogP contribution < -0.4 is 13.8 Å². The second-order valence-corrected chi connectivity index (χ2v) is 5.95. The maximum absolute atomic E-state index is 10.9. The smallest absolute Gasteiger partial charge is 0.308 e. The van der Waals surface area contributed by atoms with Crippen molar-refractivity contribution < 1.29 is 18.6 Å². The van der Waals surface area contributed by atoms with Crippen molar-refractivity contribution >= 4 is 45.0 Å².